The number of nitrogens with zero attached hydrogens (tertiary/aromatic N) is 1. The second kappa shape index (κ2) is 7.17. The highest BCUT2D eigenvalue weighted by molar-refractivity contribution is 6.04. The number of nitro benzene ring substituents is 1. The first-order valence-corrected chi connectivity index (χ1v) is 6.86. The molecule has 0 aliphatic carbocycles. The maximum Gasteiger partial charge on any atom is 0.310 e. The first-order chi connectivity index (χ1) is 11.0. The molecule has 0 aromatic heterocycles. The fourth-order valence-corrected chi connectivity index (χ4v) is 1.80. The third-order valence-electron chi connectivity index (χ3n) is 2.93. The Morgan fingerprint density at radius 1 is 1.17 bits per heavy atom. The van der Waals surface area contributed by atoms with E-state index in [2.05, 4.69) is 5.32 Å². The number of hydrogen-bond acceptors (Lipinski definition) is 5. The van der Waals surface area contributed by atoms with Crippen LogP contribution in [-0.2, 0) is 4.79 Å². The topological polar surface area (TPSA) is 98.5 Å². The molecule has 2 aromatic carbocycles. The predicted molar refractivity (Wildman–Crippen MR) is 83.4 cm³/mol. The number of amides is 1. The van der Waals surface area contributed by atoms with Gasteiger partial charge in [-0.2, -0.15) is 0 Å². The zero-order chi connectivity index (χ0) is 16.8. The van der Waals surface area contributed by atoms with Crippen LogP contribution in [0.3, 0.4) is 0 Å². The van der Waals surface area contributed by atoms with Crippen LogP contribution in [0.5, 0.6) is 5.75 Å². The Bertz CT molecular complexity index is 758. The summed E-state index contributed by atoms with van der Waals surface area (Å²) in [5, 5.41) is 13.3. The van der Waals surface area contributed by atoms with Crippen LogP contribution in [0.15, 0.2) is 48.5 Å². The molecular formula is C16H14N2O5. The first kappa shape index (κ1) is 16.2. The van der Waals surface area contributed by atoms with E-state index in [1.165, 1.54) is 24.3 Å². The van der Waals surface area contributed by atoms with Gasteiger partial charge in [0.25, 0.3) is 11.6 Å². The maximum absolute atomic E-state index is 12.2. The molecule has 7 heteroatoms. The van der Waals surface area contributed by atoms with Crippen LogP contribution in [0.25, 0.3) is 0 Å². The van der Waals surface area contributed by atoms with Crippen LogP contribution < -0.4 is 10.1 Å². The van der Waals surface area contributed by atoms with Gasteiger partial charge in [-0.25, -0.2) is 0 Å². The number of nitrogens with one attached hydrogen (secondary N) is 1. The minimum atomic E-state index is -0.541. The fraction of sp³-hybridized carbons (Fsp3) is 0.125. The van der Waals surface area contributed by atoms with Crippen LogP contribution >= 0.6 is 0 Å². The van der Waals surface area contributed by atoms with Crippen LogP contribution in [0, 0.1) is 10.1 Å². The van der Waals surface area contributed by atoms with E-state index < -0.39 is 16.8 Å². The molecule has 1 amide bonds. The van der Waals surface area contributed by atoms with Gasteiger partial charge < -0.3 is 10.1 Å². The number of nitro groups is 1. The van der Waals surface area contributed by atoms with E-state index in [0.29, 0.717) is 5.69 Å². The van der Waals surface area contributed by atoms with Crippen molar-refractivity contribution in [3.63, 3.8) is 0 Å². The standard InChI is InChI=1S/C16H14N2O5/c1-2-15(19)23-14-8-3-5-11(9-14)16(20)17-12-6-4-7-13(10-12)18(21)22/h3-10H,2H2,1H3,(H,17,20). The number of hydrogen-bond donors (Lipinski definition) is 1. The number of ether oxygens (including phenoxy) is 1. The average Bonchev–Trinajstić information content (AvgIpc) is 2.55. The van der Waals surface area contributed by atoms with Crippen molar-refractivity contribution >= 4 is 23.3 Å². The Kier molecular flexibility index (Phi) is 5.03. The molecule has 0 spiro atoms. The Morgan fingerprint density at radius 3 is 2.61 bits per heavy atom. The van der Waals surface area contributed by atoms with Gasteiger partial charge in [0, 0.05) is 29.8 Å². The Labute approximate surface area is 132 Å². The maximum atomic E-state index is 12.2. The van der Waals surface area contributed by atoms with E-state index in [9.17, 15) is 19.7 Å². The highest BCUT2D eigenvalue weighted by Crippen LogP contribution is 2.19. The molecule has 0 aliphatic heterocycles. The molecule has 0 fully saturated rings. The number of esters is 1. The number of benzene rings is 2. The fourth-order valence-electron chi connectivity index (χ4n) is 1.80. The Hall–Kier alpha value is -3.22. The van der Waals surface area contributed by atoms with Gasteiger partial charge in [-0.05, 0) is 24.3 Å². The lowest BCUT2D eigenvalue weighted by Crippen LogP contribution is -2.12. The van der Waals surface area contributed by atoms with Crippen LogP contribution in [0.4, 0.5) is 11.4 Å². The van der Waals surface area contributed by atoms with Gasteiger partial charge in [-0.1, -0.05) is 19.1 Å². The molecule has 0 saturated carbocycles. The van der Waals surface area contributed by atoms with Gasteiger partial charge in [0.1, 0.15) is 5.75 Å². The second-order valence-electron chi connectivity index (χ2n) is 4.62. The molecule has 23 heavy (non-hydrogen) atoms. The van der Waals surface area contributed by atoms with E-state index in [-0.39, 0.29) is 23.4 Å². The molecular weight excluding hydrogens is 300 g/mol. The number of carbonyl (C=O) groups is 2. The van der Waals surface area contributed by atoms with Crippen molar-refractivity contribution in [1.82, 2.24) is 0 Å². The SMILES string of the molecule is CCC(=O)Oc1cccc(C(=O)Nc2cccc([N+](=O)[O-])c2)c1. The Morgan fingerprint density at radius 2 is 1.91 bits per heavy atom. The summed E-state index contributed by atoms with van der Waals surface area (Å²) >= 11 is 0. The minimum absolute atomic E-state index is 0.117. The summed E-state index contributed by atoms with van der Waals surface area (Å²) in [7, 11) is 0. The van der Waals surface area contributed by atoms with E-state index in [0.717, 1.165) is 0 Å². The molecule has 0 bridgehead atoms. The number of anilines is 1. The van der Waals surface area contributed by atoms with Crippen molar-refractivity contribution < 1.29 is 19.2 Å². The Balaban J connectivity index is 2.14. The summed E-state index contributed by atoms with van der Waals surface area (Å²) in [6.07, 6.45) is 0.226. The van der Waals surface area contributed by atoms with Crippen molar-refractivity contribution in [3.8, 4) is 5.75 Å². The molecule has 118 valence electrons. The van der Waals surface area contributed by atoms with Crippen LogP contribution in [-0.4, -0.2) is 16.8 Å². The molecule has 2 rings (SSSR count). The third kappa shape index (κ3) is 4.37. The van der Waals surface area contributed by atoms with Gasteiger partial charge >= 0.3 is 5.97 Å². The normalized spacial score (nSPS) is 9.96. The summed E-state index contributed by atoms with van der Waals surface area (Å²) in [5.41, 5.74) is 0.464. The molecule has 7 nitrogen and oxygen atoms in total. The van der Waals surface area contributed by atoms with E-state index >= 15 is 0 Å². The van der Waals surface area contributed by atoms with Crippen LogP contribution in [0.2, 0.25) is 0 Å². The zero-order valence-corrected chi connectivity index (χ0v) is 12.3. The zero-order valence-electron chi connectivity index (χ0n) is 12.3. The third-order valence-corrected chi connectivity index (χ3v) is 2.93. The van der Waals surface area contributed by atoms with Gasteiger partial charge in [-0.3, -0.25) is 19.7 Å². The first-order valence-electron chi connectivity index (χ1n) is 6.86. The van der Waals surface area contributed by atoms with Crippen molar-refractivity contribution in [2.45, 2.75) is 13.3 Å². The molecule has 0 heterocycles. The number of non-ortho nitro benzene ring substituents is 1. The summed E-state index contributed by atoms with van der Waals surface area (Å²) < 4.78 is 5.05. The molecule has 0 saturated heterocycles. The summed E-state index contributed by atoms with van der Waals surface area (Å²) in [4.78, 5) is 33.6. The summed E-state index contributed by atoms with van der Waals surface area (Å²) in [6, 6.07) is 11.8. The van der Waals surface area contributed by atoms with Gasteiger partial charge in [0.2, 0.25) is 0 Å². The van der Waals surface area contributed by atoms with Crippen molar-refractivity contribution in [1.29, 1.82) is 0 Å². The van der Waals surface area contributed by atoms with E-state index in [4.69, 9.17) is 4.74 Å². The van der Waals surface area contributed by atoms with Crippen LogP contribution in [0.1, 0.15) is 23.7 Å². The number of carbonyl (C=O) groups excluding carboxylic acids is 2. The monoisotopic (exact) mass is 314 g/mol. The highest BCUT2D eigenvalue weighted by atomic mass is 16.6. The van der Waals surface area contributed by atoms with E-state index in [1.54, 1.807) is 31.2 Å². The lowest BCUT2D eigenvalue weighted by atomic mass is 10.2. The molecule has 0 radical (unpaired) electrons. The van der Waals surface area contributed by atoms with Crippen molar-refractivity contribution in [3.05, 3.63) is 64.2 Å². The minimum Gasteiger partial charge on any atom is -0.427 e. The largest absolute Gasteiger partial charge is 0.427 e. The summed E-state index contributed by atoms with van der Waals surface area (Å²) in [6.45, 7) is 1.67. The average molecular weight is 314 g/mol. The number of rotatable bonds is 5. The van der Waals surface area contributed by atoms with Crippen molar-refractivity contribution in [2.75, 3.05) is 5.32 Å². The molecule has 2 aromatic rings. The molecule has 1 N–H and O–H groups in total. The second-order valence-corrected chi connectivity index (χ2v) is 4.62. The van der Waals surface area contributed by atoms with Gasteiger partial charge in [-0.15, -0.1) is 0 Å². The molecule has 0 atom stereocenters. The lowest BCUT2D eigenvalue weighted by Gasteiger charge is -2.07. The molecule has 0 aliphatic rings. The summed E-state index contributed by atoms with van der Waals surface area (Å²) in [5.74, 6) is -0.593. The predicted octanol–water partition coefficient (Wildman–Crippen LogP) is 3.16. The van der Waals surface area contributed by atoms with Gasteiger partial charge in [0.15, 0.2) is 0 Å². The highest BCUT2D eigenvalue weighted by Gasteiger charge is 2.11. The smallest absolute Gasteiger partial charge is 0.310 e. The quantitative estimate of drug-likeness (QED) is 0.395. The lowest BCUT2D eigenvalue weighted by molar-refractivity contribution is -0.384. The van der Waals surface area contributed by atoms with Gasteiger partial charge in [0.05, 0.1) is 4.92 Å². The van der Waals surface area contributed by atoms with Crippen molar-refractivity contribution in [2.24, 2.45) is 0 Å². The molecule has 0 unspecified atom stereocenters. The van der Waals surface area contributed by atoms with E-state index in [1.807, 2.05) is 0 Å².